The summed E-state index contributed by atoms with van der Waals surface area (Å²) in [4.78, 5) is 19.9. The van der Waals surface area contributed by atoms with Gasteiger partial charge in [0.1, 0.15) is 0 Å². The number of hydrogen-bond acceptors (Lipinski definition) is 5. The van der Waals surface area contributed by atoms with Gasteiger partial charge in [-0.1, -0.05) is 0 Å². The molecule has 2 aromatic rings. The van der Waals surface area contributed by atoms with Crippen LogP contribution in [0.15, 0.2) is 35.0 Å². The third kappa shape index (κ3) is 3.96. The van der Waals surface area contributed by atoms with Crippen LogP contribution in [-0.4, -0.2) is 21.6 Å². The molecule has 0 aromatic carbocycles. The van der Waals surface area contributed by atoms with Crippen LogP contribution < -0.4 is 5.43 Å². The molecule has 0 unspecified atom stereocenters. The SMILES string of the molecule is C/C(=N/NC(=O)Cc1csc(C)n1)c1ccncc1. The molecular weight excluding hydrogens is 260 g/mol. The second-order valence-corrected chi connectivity index (χ2v) is 5.06. The molecule has 2 aromatic heterocycles. The predicted molar refractivity (Wildman–Crippen MR) is 75.1 cm³/mol. The van der Waals surface area contributed by atoms with Crippen molar-refractivity contribution in [2.75, 3.05) is 0 Å². The average molecular weight is 274 g/mol. The Morgan fingerprint density at radius 2 is 2.16 bits per heavy atom. The highest BCUT2D eigenvalue weighted by atomic mass is 32.1. The highest BCUT2D eigenvalue weighted by molar-refractivity contribution is 7.09. The molecule has 98 valence electrons. The monoisotopic (exact) mass is 274 g/mol. The number of nitrogens with one attached hydrogen (secondary N) is 1. The first-order valence-corrected chi connectivity index (χ1v) is 6.67. The van der Waals surface area contributed by atoms with E-state index in [1.165, 1.54) is 11.3 Å². The van der Waals surface area contributed by atoms with Crippen molar-refractivity contribution in [1.29, 1.82) is 0 Å². The third-order valence-electron chi connectivity index (χ3n) is 2.45. The van der Waals surface area contributed by atoms with E-state index in [1.807, 2.05) is 31.4 Å². The van der Waals surface area contributed by atoms with Crippen molar-refractivity contribution in [2.24, 2.45) is 5.10 Å². The van der Waals surface area contributed by atoms with E-state index in [0.717, 1.165) is 22.0 Å². The third-order valence-corrected chi connectivity index (χ3v) is 3.28. The number of aryl methyl sites for hydroxylation is 1. The van der Waals surface area contributed by atoms with Gasteiger partial charge in [-0.3, -0.25) is 9.78 Å². The van der Waals surface area contributed by atoms with E-state index in [4.69, 9.17) is 0 Å². The number of hydrazone groups is 1. The average Bonchev–Trinajstić information content (AvgIpc) is 2.82. The van der Waals surface area contributed by atoms with E-state index in [9.17, 15) is 4.79 Å². The lowest BCUT2D eigenvalue weighted by atomic mass is 10.2. The van der Waals surface area contributed by atoms with Gasteiger partial charge in [-0.2, -0.15) is 5.10 Å². The Balaban J connectivity index is 1.93. The minimum absolute atomic E-state index is 0.168. The molecular formula is C13H14N4OS. The summed E-state index contributed by atoms with van der Waals surface area (Å²) in [6.07, 6.45) is 3.62. The first-order chi connectivity index (χ1) is 9.15. The molecule has 19 heavy (non-hydrogen) atoms. The molecule has 5 nitrogen and oxygen atoms in total. The Bertz CT molecular complexity index is 592. The van der Waals surface area contributed by atoms with Crippen LogP contribution >= 0.6 is 11.3 Å². The maximum absolute atomic E-state index is 11.7. The van der Waals surface area contributed by atoms with Gasteiger partial charge in [0.15, 0.2) is 0 Å². The van der Waals surface area contributed by atoms with Crippen LogP contribution in [0.5, 0.6) is 0 Å². The molecule has 0 bridgehead atoms. The minimum atomic E-state index is -0.168. The van der Waals surface area contributed by atoms with E-state index < -0.39 is 0 Å². The fraction of sp³-hybridized carbons (Fsp3) is 0.231. The summed E-state index contributed by atoms with van der Waals surface area (Å²) in [6, 6.07) is 3.68. The Kier molecular flexibility index (Phi) is 4.35. The number of carbonyl (C=O) groups excluding carboxylic acids is 1. The number of nitrogens with zero attached hydrogens (tertiary/aromatic N) is 3. The Labute approximate surface area is 115 Å². The lowest BCUT2D eigenvalue weighted by Crippen LogP contribution is -2.21. The molecule has 1 N–H and O–H groups in total. The van der Waals surface area contributed by atoms with Gasteiger partial charge < -0.3 is 0 Å². The van der Waals surface area contributed by atoms with Gasteiger partial charge in [0, 0.05) is 23.3 Å². The summed E-state index contributed by atoms with van der Waals surface area (Å²) in [6.45, 7) is 3.75. The fourth-order valence-electron chi connectivity index (χ4n) is 1.50. The molecule has 0 aliphatic heterocycles. The zero-order chi connectivity index (χ0) is 13.7. The van der Waals surface area contributed by atoms with Gasteiger partial charge in [0.05, 0.1) is 22.8 Å². The summed E-state index contributed by atoms with van der Waals surface area (Å²) in [7, 11) is 0. The van der Waals surface area contributed by atoms with Gasteiger partial charge in [0.2, 0.25) is 5.91 Å². The molecule has 2 rings (SSSR count). The van der Waals surface area contributed by atoms with Crippen LogP contribution in [0.2, 0.25) is 0 Å². The lowest BCUT2D eigenvalue weighted by molar-refractivity contribution is -0.120. The van der Waals surface area contributed by atoms with Gasteiger partial charge in [-0.05, 0) is 26.0 Å². The van der Waals surface area contributed by atoms with E-state index in [1.54, 1.807) is 12.4 Å². The molecule has 0 atom stereocenters. The molecule has 0 radical (unpaired) electrons. The van der Waals surface area contributed by atoms with Crippen molar-refractivity contribution in [3.05, 3.63) is 46.2 Å². The first-order valence-electron chi connectivity index (χ1n) is 5.79. The number of thiazole rings is 1. The first kappa shape index (κ1) is 13.4. The lowest BCUT2D eigenvalue weighted by Gasteiger charge is -2.01. The van der Waals surface area contributed by atoms with E-state index in [0.29, 0.717) is 0 Å². The highest BCUT2D eigenvalue weighted by Gasteiger charge is 2.05. The van der Waals surface area contributed by atoms with Crippen molar-refractivity contribution in [3.63, 3.8) is 0 Å². The van der Waals surface area contributed by atoms with E-state index in [-0.39, 0.29) is 12.3 Å². The van der Waals surface area contributed by atoms with Gasteiger partial charge in [-0.25, -0.2) is 10.4 Å². The maximum Gasteiger partial charge on any atom is 0.246 e. The second-order valence-electron chi connectivity index (χ2n) is 4.00. The number of aromatic nitrogens is 2. The molecule has 0 saturated carbocycles. The van der Waals surface area contributed by atoms with E-state index >= 15 is 0 Å². The zero-order valence-corrected chi connectivity index (χ0v) is 11.6. The van der Waals surface area contributed by atoms with Crippen molar-refractivity contribution in [1.82, 2.24) is 15.4 Å². The van der Waals surface area contributed by atoms with Crippen LogP contribution in [0.1, 0.15) is 23.2 Å². The smallest absolute Gasteiger partial charge is 0.246 e. The number of amides is 1. The van der Waals surface area contributed by atoms with Gasteiger partial charge >= 0.3 is 0 Å². The Morgan fingerprint density at radius 1 is 1.42 bits per heavy atom. The molecule has 0 aliphatic rings. The normalized spacial score (nSPS) is 11.4. The van der Waals surface area contributed by atoms with Crippen molar-refractivity contribution < 1.29 is 4.79 Å². The molecule has 6 heteroatoms. The van der Waals surface area contributed by atoms with Gasteiger partial charge in [-0.15, -0.1) is 11.3 Å². The number of rotatable bonds is 4. The summed E-state index contributed by atoms with van der Waals surface area (Å²) < 4.78 is 0. The molecule has 1 amide bonds. The zero-order valence-electron chi connectivity index (χ0n) is 10.8. The van der Waals surface area contributed by atoms with Crippen molar-refractivity contribution in [3.8, 4) is 0 Å². The Morgan fingerprint density at radius 3 is 2.79 bits per heavy atom. The summed E-state index contributed by atoms with van der Waals surface area (Å²) in [5.74, 6) is -0.168. The Hall–Kier alpha value is -2.08. The van der Waals surface area contributed by atoms with Crippen LogP contribution in [0.25, 0.3) is 0 Å². The van der Waals surface area contributed by atoms with Crippen LogP contribution in [0.3, 0.4) is 0 Å². The minimum Gasteiger partial charge on any atom is -0.273 e. The molecule has 0 fully saturated rings. The number of pyridine rings is 1. The number of hydrogen-bond donors (Lipinski definition) is 1. The maximum atomic E-state index is 11.7. The van der Waals surface area contributed by atoms with Crippen molar-refractivity contribution >= 4 is 23.0 Å². The topological polar surface area (TPSA) is 67.2 Å². The summed E-state index contributed by atoms with van der Waals surface area (Å²) >= 11 is 1.53. The predicted octanol–water partition coefficient (Wildman–Crippen LogP) is 1.93. The summed E-state index contributed by atoms with van der Waals surface area (Å²) in [5, 5.41) is 6.90. The van der Waals surface area contributed by atoms with Crippen LogP contribution in [0.4, 0.5) is 0 Å². The largest absolute Gasteiger partial charge is 0.273 e. The van der Waals surface area contributed by atoms with Crippen LogP contribution in [0, 0.1) is 6.92 Å². The summed E-state index contributed by atoms with van der Waals surface area (Å²) in [5.41, 5.74) is 4.98. The molecule has 0 saturated heterocycles. The molecule has 0 spiro atoms. The fourth-order valence-corrected chi connectivity index (χ4v) is 2.11. The van der Waals surface area contributed by atoms with Gasteiger partial charge in [0.25, 0.3) is 0 Å². The second kappa shape index (κ2) is 6.19. The molecule has 2 heterocycles. The highest BCUT2D eigenvalue weighted by Crippen LogP contribution is 2.08. The molecule has 0 aliphatic carbocycles. The standard InChI is InChI=1S/C13H14N4OS/c1-9(11-3-5-14-6-4-11)16-17-13(18)7-12-8-19-10(2)15-12/h3-6,8H,7H2,1-2H3,(H,17,18)/b16-9-. The van der Waals surface area contributed by atoms with Crippen molar-refractivity contribution in [2.45, 2.75) is 20.3 Å². The van der Waals surface area contributed by atoms with Crippen LogP contribution in [-0.2, 0) is 11.2 Å². The quantitative estimate of drug-likeness (QED) is 0.684. The van der Waals surface area contributed by atoms with E-state index in [2.05, 4.69) is 20.5 Å². The number of carbonyl (C=O) groups is 1.